The largest absolute Gasteiger partial charge is 0.306 e. The minimum Gasteiger partial charge on any atom is -0.306 e. The Morgan fingerprint density at radius 2 is 0.871 bits per heavy atom. The highest BCUT2D eigenvalue weighted by molar-refractivity contribution is 7.27. The third-order valence-corrected chi connectivity index (χ3v) is 16.0. The first-order chi connectivity index (χ1) is 30.7. The molecule has 3 nitrogen and oxygen atoms in total. The van der Waals surface area contributed by atoms with Crippen LogP contribution in [0.5, 0.6) is 0 Å². The zero-order valence-corrected chi connectivity index (χ0v) is 35.3. The number of rotatable bonds is 4. The van der Waals surface area contributed by atoms with Gasteiger partial charge in [0.15, 0.2) is 0 Å². The Morgan fingerprint density at radius 3 is 1.42 bits per heavy atom. The fourth-order valence-electron chi connectivity index (χ4n) is 9.87. The molecule has 0 saturated heterocycles. The van der Waals surface area contributed by atoms with Crippen molar-refractivity contribution in [3.63, 3.8) is 0 Å². The maximum Gasteiger partial charge on any atom is 0.205 e. The van der Waals surface area contributed by atoms with Gasteiger partial charge < -0.3 is 4.57 Å². The lowest BCUT2D eigenvalue weighted by Gasteiger charge is -2.24. The second-order valence-electron chi connectivity index (χ2n) is 15.7. The molecule has 6 heteroatoms. The molecular weight excluding hydrogens is 811 g/mol. The predicted octanol–water partition coefficient (Wildman–Crippen LogP) is 17.3. The number of hydrogen-bond donors (Lipinski definition) is 0. The van der Waals surface area contributed by atoms with E-state index in [0.717, 1.165) is 75.0 Å². The highest BCUT2D eigenvalue weighted by Crippen LogP contribution is 2.55. The van der Waals surface area contributed by atoms with Gasteiger partial charge >= 0.3 is 0 Å². The fraction of sp³-hybridized carbons (Fsp3) is 0. The van der Waals surface area contributed by atoms with Crippen LogP contribution in [0.3, 0.4) is 0 Å². The minimum atomic E-state index is 0.520. The van der Waals surface area contributed by atoms with Crippen LogP contribution >= 0.6 is 34.0 Å². The molecule has 0 radical (unpaired) electrons. The lowest BCUT2D eigenvalue weighted by Crippen LogP contribution is -2.05. The first-order valence-electron chi connectivity index (χ1n) is 20.4. The highest BCUT2D eigenvalue weighted by Gasteiger charge is 2.31. The number of fused-ring (bicyclic) bond motifs is 14. The molecule has 62 heavy (non-hydrogen) atoms. The van der Waals surface area contributed by atoms with Gasteiger partial charge in [-0.15, -0.1) is 34.0 Å². The summed E-state index contributed by atoms with van der Waals surface area (Å²) < 4.78 is 9.48. The molecule has 0 amide bonds. The van der Waals surface area contributed by atoms with Crippen molar-refractivity contribution >= 4 is 122 Å². The van der Waals surface area contributed by atoms with E-state index in [9.17, 15) is 11.8 Å². The van der Waals surface area contributed by atoms with Crippen molar-refractivity contribution in [3.05, 3.63) is 193 Å². The highest BCUT2D eigenvalue weighted by atomic mass is 32.1. The average Bonchev–Trinajstić information content (AvgIpc) is 4.09. The molecule has 0 N–H and O–H groups in total. The second-order valence-corrected chi connectivity index (χ2v) is 18.9. The van der Waals surface area contributed by atoms with Crippen LogP contribution in [0.15, 0.2) is 176 Å². The molecule has 0 saturated carbocycles. The summed E-state index contributed by atoms with van der Waals surface area (Å²) in [6.07, 6.45) is 0. The van der Waals surface area contributed by atoms with E-state index in [4.69, 9.17) is 0 Å². The second kappa shape index (κ2) is 13.5. The van der Waals surface area contributed by atoms with Gasteiger partial charge in [0.1, 0.15) is 6.07 Å². The monoisotopic (exact) mass is 839 g/mol. The Morgan fingerprint density at radius 1 is 0.419 bits per heavy atom. The number of nitriles is 1. The van der Waals surface area contributed by atoms with Crippen molar-refractivity contribution in [2.75, 3.05) is 0 Å². The smallest absolute Gasteiger partial charge is 0.205 e. The Kier molecular flexibility index (Phi) is 7.64. The molecule has 13 rings (SSSR count). The molecule has 286 valence electrons. The lowest BCUT2D eigenvalue weighted by molar-refractivity contribution is 1.19. The molecule has 0 fully saturated rings. The van der Waals surface area contributed by atoms with Gasteiger partial charge in [-0.05, 0) is 52.1 Å². The number of benzene rings is 9. The summed E-state index contributed by atoms with van der Waals surface area (Å²) in [4.78, 5) is 4.57. The van der Waals surface area contributed by atoms with Gasteiger partial charge in [0.05, 0.1) is 38.3 Å². The van der Waals surface area contributed by atoms with Crippen molar-refractivity contribution in [1.82, 2.24) is 4.57 Å². The molecule has 0 aliphatic heterocycles. The van der Waals surface area contributed by atoms with E-state index in [1.54, 1.807) is 34.0 Å². The molecule has 0 aliphatic carbocycles. The van der Waals surface area contributed by atoms with Crippen molar-refractivity contribution < 1.29 is 0 Å². The van der Waals surface area contributed by atoms with Crippen LogP contribution in [0.25, 0.3) is 126 Å². The SMILES string of the molecule is [C-]#[N+]c1c(-c2ccc3c(c2)sc2ccccc23)c(-c2ccccc2)c(C#N)c(-n2c3c(ccc4c5ccccc5sc43)c3ccc4c5ccccc5sc4c32)c1-c1ccccc1. The van der Waals surface area contributed by atoms with Crippen LogP contribution in [0.4, 0.5) is 5.69 Å². The molecular formula is C56H29N3S3. The van der Waals surface area contributed by atoms with Crippen LogP contribution < -0.4 is 0 Å². The topological polar surface area (TPSA) is 33.1 Å². The van der Waals surface area contributed by atoms with Crippen LogP contribution in [0, 0.1) is 17.9 Å². The quantitative estimate of drug-likeness (QED) is 0.163. The molecule has 13 aromatic rings. The molecule has 0 spiro atoms. The first kappa shape index (κ1) is 35.2. The van der Waals surface area contributed by atoms with Gasteiger partial charge in [-0.2, -0.15) is 5.26 Å². The summed E-state index contributed by atoms with van der Waals surface area (Å²) >= 11 is 5.35. The third kappa shape index (κ3) is 4.89. The Hall–Kier alpha value is -7.58. The number of aromatic nitrogens is 1. The standard InChI is InChI=1S/C56H29N3S3/c1-58-51-49(34-24-25-38-35-18-8-11-21-44(35)60-47(38)30-34)48(32-14-4-2-5-15-32)43(31-57)52(50(51)33-16-6-3-7-17-33)59-53-39(26-28-41-36-19-9-12-22-45(36)61-55(41)53)40-27-29-42-37-20-10-13-23-46(37)62-56(42)54(40)59/h2-30H. The van der Waals surface area contributed by atoms with E-state index in [-0.39, 0.29) is 0 Å². The van der Waals surface area contributed by atoms with E-state index in [1.807, 2.05) is 36.4 Å². The zero-order valence-electron chi connectivity index (χ0n) is 32.8. The van der Waals surface area contributed by atoms with E-state index in [2.05, 4.69) is 155 Å². The first-order valence-corrected chi connectivity index (χ1v) is 22.9. The number of nitrogens with zero attached hydrogens (tertiary/aromatic N) is 3. The van der Waals surface area contributed by atoms with Gasteiger partial charge in [0.25, 0.3) is 0 Å². The summed E-state index contributed by atoms with van der Waals surface area (Å²) in [5.41, 5.74) is 8.84. The summed E-state index contributed by atoms with van der Waals surface area (Å²) in [6.45, 7) is 9.26. The van der Waals surface area contributed by atoms with Crippen molar-refractivity contribution in [3.8, 4) is 45.1 Å². The van der Waals surface area contributed by atoms with Gasteiger partial charge in [0, 0.05) is 67.5 Å². The lowest BCUT2D eigenvalue weighted by atomic mass is 9.83. The zero-order chi connectivity index (χ0) is 41.1. The third-order valence-electron chi connectivity index (χ3n) is 12.5. The van der Waals surface area contributed by atoms with Gasteiger partial charge in [-0.25, -0.2) is 4.85 Å². The van der Waals surface area contributed by atoms with E-state index in [0.29, 0.717) is 11.3 Å². The average molecular weight is 840 g/mol. The minimum absolute atomic E-state index is 0.520. The van der Waals surface area contributed by atoms with Crippen LogP contribution in [0.2, 0.25) is 0 Å². The summed E-state index contributed by atoms with van der Waals surface area (Å²) in [6, 6.07) is 64.8. The molecule has 0 unspecified atom stereocenters. The van der Waals surface area contributed by atoms with E-state index in [1.165, 1.54) is 46.4 Å². The van der Waals surface area contributed by atoms with Gasteiger partial charge in [-0.1, -0.05) is 152 Å². The Balaban J connectivity index is 1.29. The molecule has 9 aromatic carbocycles. The maximum absolute atomic E-state index is 12.0. The molecule has 0 aliphatic rings. The van der Waals surface area contributed by atoms with Crippen molar-refractivity contribution in [1.29, 1.82) is 5.26 Å². The summed E-state index contributed by atoms with van der Waals surface area (Å²) in [5.74, 6) is 0. The normalized spacial score (nSPS) is 11.8. The Labute approximate surface area is 367 Å². The number of thiophene rings is 3. The van der Waals surface area contributed by atoms with Crippen molar-refractivity contribution in [2.24, 2.45) is 0 Å². The van der Waals surface area contributed by atoms with Crippen LogP contribution in [-0.4, -0.2) is 4.57 Å². The fourth-order valence-corrected chi connectivity index (χ4v) is 13.5. The Bertz CT molecular complexity index is 3990. The van der Waals surface area contributed by atoms with Crippen LogP contribution in [0.1, 0.15) is 5.56 Å². The van der Waals surface area contributed by atoms with Crippen LogP contribution in [-0.2, 0) is 0 Å². The van der Waals surface area contributed by atoms with Crippen molar-refractivity contribution in [2.45, 2.75) is 0 Å². The van der Waals surface area contributed by atoms with Gasteiger partial charge in [0.2, 0.25) is 5.69 Å². The molecule has 0 bridgehead atoms. The predicted molar refractivity (Wildman–Crippen MR) is 267 cm³/mol. The van der Waals surface area contributed by atoms with E-state index >= 15 is 0 Å². The molecule has 4 heterocycles. The van der Waals surface area contributed by atoms with E-state index < -0.39 is 0 Å². The number of hydrogen-bond acceptors (Lipinski definition) is 4. The van der Waals surface area contributed by atoms with Gasteiger partial charge in [-0.3, -0.25) is 0 Å². The maximum atomic E-state index is 12.0. The molecule has 4 aromatic heterocycles. The summed E-state index contributed by atoms with van der Waals surface area (Å²) in [7, 11) is 0. The summed E-state index contributed by atoms with van der Waals surface area (Å²) in [5, 5.41) is 21.4. The molecule has 0 atom stereocenters.